The Kier molecular flexibility index (Phi) is 34.2. The summed E-state index contributed by atoms with van der Waals surface area (Å²) in [4.78, 5) is 325. The first-order chi connectivity index (χ1) is 51.9. The molecule has 0 bridgehead atoms. The van der Waals surface area contributed by atoms with Gasteiger partial charge in [-0.15, -0.1) is 0 Å². The lowest BCUT2D eigenvalue weighted by Crippen LogP contribution is -2.50. The van der Waals surface area contributed by atoms with Gasteiger partial charge < -0.3 is 159 Å². The Bertz CT molecular complexity index is 4040. The van der Waals surface area contributed by atoms with Crippen LogP contribution in [0.1, 0.15) is 44.9 Å². The maximum absolute atomic E-state index is 14.9. The lowest BCUT2D eigenvalue weighted by molar-refractivity contribution is -0.194. The minimum Gasteiger partial charge on any atom is -0.481 e. The second-order valence-electron chi connectivity index (χ2n) is 21.7. The molecule has 2 heterocycles. The topological polar surface area (TPSA) is 951 Å². The number of ether oxygens (including phenoxy) is 12. The van der Waals surface area contributed by atoms with Crippen LogP contribution in [0.2, 0.25) is 0 Å². The predicted molar refractivity (Wildman–Crippen MR) is 311 cm³/mol. The van der Waals surface area contributed by atoms with E-state index in [4.69, 9.17) is 53.6 Å². The first kappa shape index (κ1) is 95.3. The number of phosphoric acid groups is 1. The van der Waals surface area contributed by atoms with Gasteiger partial charge in [0, 0.05) is 12.2 Å². The van der Waals surface area contributed by atoms with Gasteiger partial charge in [-0.1, -0.05) is 0 Å². The van der Waals surface area contributed by atoms with Crippen LogP contribution in [0.25, 0.3) is 0 Å². The van der Waals surface area contributed by atoms with Gasteiger partial charge in [-0.3, -0.25) is 57.3 Å². The lowest BCUT2D eigenvalue weighted by Gasteiger charge is -2.30. The monoisotopic (exact) mass is 1660 g/mol. The van der Waals surface area contributed by atoms with Gasteiger partial charge in [0.25, 0.3) is 11.5 Å². The first-order valence-corrected chi connectivity index (χ1v) is 30.6. The molecule has 0 amide bonds. The van der Waals surface area contributed by atoms with Crippen molar-refractivity contribution in [2.75, 3.05) is 13.2 Å². The van der Waals surface area contributed by atoms with Crippen molar-refractivity contribution in [3.05, 3.63) is 35.2 Å². The van der Waals surface area contributed by atoms with Crippen molar-refractivity contribution in [3.63, 3.8) is 0 Å². The number of carbonyl (C=O) groups is 24. The quantitative estimate of drug-likeness (QED) is 0.00884. The van der Waals surface area contributed by atoms with Crippen molar-refractivity contribution in [2.45, 2.75) is 123 Å². The number of hydrogen-bond acceptors (Lipinski definition) is 43. The molecular formula is C54H53O58P. The second kappa shape index (κ2) is 40.6. The standard InChI is InChI=1S/C54H53O58P/c55-12(3-18(58)59)43(84)104-14(5-20(62)63)44(85)105-15(10-100-23(68)2-1-17(56)57)31-35(37(50(91)106-31)110-46(87)27(40(78)79)26(38(74)75)39(76)77)109-45(86)13(4-19(60)61)103-34-32(107-49(90)36(34)111-48(89)33(30(73)42(82)83)108-47(88)29(72)28(71)41(80)81)16(11-101-113(97,98)99)102-24(69)9-54(52(94)95,7-22(66)67)112-25(70)8-53(96,51(92)93)6-21(64)65/h1-2,12-16,26-33,55,71-73,96H,3-11H2,(H,56,57)(H,58,59)(H,60,61)(H,62,63)(H,64,65)(H,66,67)(H,74,75)(H,76,77)(H,78,79)(H,80,81)(H,82,83)(H,92,93)(H,94,95)(H2,97,98,99)/t12?,13?,14?,15-,16-,27?,28?,29?,30?,31+,32+,33?,53?,54?/m0/s1. The van der Waals surface area contributed by atoms with Crippen molar-refractivity contribution in [3.8, 4) is 0 Å². The van der Waals surface area contributed by atoms with E-state index in [1.165, 1.54) is 0 Å². The first-order valence-electron chi connectivity index (χ1n) is 29.1. The molecule has 622 valence electrons. The molecule has 0 aliphatic carbocycles. The summed E-state index contributed by atoms with van der Waals surface area (Å²) < 4.78 is 73.7. The molecule has 58 nitrogen and oxygen atoms in total. The Balaban J connectivity index is 3.45. The Morgan fingerprint density at radius 3 is 1.39 bits per heavy atom. The fourth-order valence-electron chi connectivity index (χ4n) is 8.27. The van der Waals surface area contributed by atoms with E-state index in [1.807, 2.05) is 0 Å². The summed E-state index contributed by atoms with van der Waals surface area (Å²) in [6.45, 7) is -4.30. The molecule has 2 aliphatic rings. The van der Waals surface area contributed by atoms with Gasteiger partial charge in [-0.25, -0.2) is 66.9 Å². The lowest BCUT2D eigenvalue weighted by atomic mass is 9.92. The molecule has 2 aliphatic heterocycles. The van der Waals surface area contributed by atoms with Gasteiger partial charge in [-0.2, -0.15) is 0 Å². The Morgan fingerprint density at radius 1 is 0.442 bits per heavy atom. The molecule has 20 N–H and O–H groups in total. The van der Waals surface area contributed by atoms with Crippen LogP contribution in [0.3, 0.4) is 0 Å². The molecule has 0 spiro atoms. The van der Waals surface area contributed by atoms with Crippen LogP contribution in [0, 0.1) is 11.8 Å². The number of phosphoric ester groups is 1. The molecule has 59 heteroatoms. The highest BCUT2D eigenvalue weighted by Crippen LogP contribution is 2.40. The van der Waals surface area contributed by atoms with Gasteiger partial charge in [0.15, 0.2) is 59.8 Å². The van der Waals surface area contributed by atoms with Crippen LogP contribution in [0.5, 0.6) is 0 Å². The van der Waals surface area contributed by atoms with Gasteiger partial charge in [0.2, 0.25) is 41.9 Å². The van der Waals surface area contributed by atoms with E-state index < -0.39 is 322 Å². The van der Waals surface area contributed by atoms with E-state index in [2.05, 4.69) is 28.2 Å². The highest BCUT2D eigenvalue weighted by Gasteiger charge is 2.56. The Morgan fingerprint density at radius 2 is 0.929 bits per heavy atom. The van der Waals surface area contributed by atoms with Crippen LogP contribution >= 0.6 is 7.82 Å². The summed E-state index contributed by atoms with van der Waals surface area (Å²) in [5.41, 5.74) is -7.92. The number of rotatable bonds is 49. The van der Waals surface area contributed by atoms with Gasteiger partial charge in [-0.05, 0) is 0 Å². The predicted octanol–water partition coefficient (Wildman–Crippen LogP) is -11.3. The smallest absolute Gasteiger partial charge is 0.469 e. The number of cyclic esters (lactones) is 2. The second-order valence-corrected chi connectivity index (χ2v) is 22.9. The number of carboxylic acid groups (broad SMARTS) is 13. The van der Waals surface area contributed by atoms with E-state index >= 15 is 0 Å². The zero-order valence-corrected chi connectivity index (χ0v) is 55.8. The van der Waals surface area contributed by atoms with Crippen LogP contribution in [0.4, 0.5) is 0 Å². The molecule has 10 unspecified atom stereocenters. The van der Waals surface area contributed by atoms with Crippen LogP contribution in [-0.2, 0) is 181 Å². The van der Waals surface area contributed by atoms with Crippen LogP contribution in [-0.4, -0.2) is 337 Å². The third-order valence-corrected chi connectivity index (χ3v) is 13.7. The zero-order chi connectivity index (χ0) is 87.1. The van der Waals surface area contributed by atoms with Crippen molar-refractivity contribution in [1.82, 2.24) is 0 Å². The van der Waals surface area contributed by atoms with Crippen molar-refractivity contribution in [2.24, 2.45) is 11.8 Å². The summed E-state index contributed by atoms with van der Waals surface area (Å²) >= 11 is 0. The summed E-state index contributed by atoms with van der Waals surface area (Å²) in [6, 6.07) is 0. The molecule has 0 aromatic heterocycles. The number of esters is 11. The maximum atomic E-state index is 14.9. The molecule has 0 saturated heterocycles. The zero-order valence-electron chi connectivity index (χ0n) is 54.9. The molecular weight excluding hydrogens is 1610 g/mol. The summed E-state index contributed by atoms with van der Waals surface area (Å²) in [7, 11) is -6.30. The molecule has 0 aromatic carbocycles. The largest absolute Gasteiger partial charge is 0.481 e. The summed E-state index contributed by atoms with van der Waals surface area (Å²) in [5.74, 6) is -77.2. The highest BCUT2D eigenvalue weighted by atomic mass is 31.2. The Hall–Kier alpha value is -13.8. The summed E-state index contributed by atoms with van der Waals surface area (Å²) in [5, 5.41) is 175. The minimum absolute atomic E-state index is 0.0272. The van der Waals surface area contributed by atoms with E-state index in [-0.39, 0.29) is 12.2 Å². The van der Waals surface area contributed by atoms with Crippen LogP contribution < -0.4 is 0 Å². The molecule has 0 fully saturated rings. The fourth-order valence-corrected chi connectivity index (χ4v) is 8.61. The van der Waals surface area contributed by atoms with E-state index in [0.29, 0.717) is 0 Å². The third-order valence-electron chi connectivity index (χ3n) is 13.3. The van der Waals surface area contributed by atoms with Gasteiger partial charge >= 0.3 is 151 Å². The van der Waals surface area contributed by atoms with Gasteiger partial charge in [0.1, 0.15) is 6.61 Å². The van der Waals surface area contributed by atoms with Crippen molar-refractivity contribution >= 4 is 151 Å². The van der Waals surface area contributed by atoms with E-state index in [9.17, 15) is 201 Å². The van der Waals surface area contributed by atoms with E-state index in [0.717, 1.165) is 0 Å². The fraction of sp³-hybridized carbons (Fsp3) is 0.444. The number of hydrogen-bond donors (Lipinski definition) is 20. The number of aliphatic hydroxyl groups excluding tert-OH is 4. The molecule has 0 saturated carbocycles. The molecule has 0 aromatic rings. The van der Waals surface area contributed by atoms with E-state index in [1.54, 1.807) is 0 Å². The third kappa shape index (κ3) is 28.3. The minimum atomic E-state index is -6.30. The Labute approximate surface area is 616 Å². The van der Waals surface area contributed by atoms with Crippen LogP contribution in [0.15, 0.2) is 35.2 Å². The number of aliphatic carboxylic acids is 13. The molecule has 0 radical (unpaired) electrons. The van der Waals surface area contributed by atoms with Gasteiger partial charge in [0.05, 0.1) is 51.6 Å². The average Bonchev–Trinajstić information content (AvgIpc) is 1.67. The summed E-state index contributed by atoms with van der Waals surface area (Å²) in [6.07, 6.45) is -52.0. The molecule has 2 rings (SSSR count). The number of carboxylic acids is 13. The normalized spacial score (nSPS) is 17.7. The van der Waals surface area contributed by atoms with Crippen molar-refractivity contribution in [1.29, 1.82) is 0 Å². The average molecular weight is 1660 g/mol. The number of aliphatic hydroxyl groups is 5. The molecule has 113 heavy (non-hydrogen) atoms. The SMILES string of the molecule is O=C(O)C=CC(=O)OC[C@H](OC(=O)C(CC(=O)O)OC(=O)C(O)CC(=O)O)[C@H]1OC(=O)C(OC(=O)C(C(=O)O)C(C(=O)O)C(=O)O)=C1OC(=O)C(CC(=O)O)OC1=C(OC(=O)C(OC(=O)C(O)C(O)C(=O)O)C(O)C(=O)O)C(=O)O[C@@H]1[C@H](COP(=O)(O)O)OC(=O)CC(CC(=O)O)(OC(=O)CC(O)(CC(=O)O)C(=O)O)C(=O)O. The molecule has 14 atom stereocenters. The highest BCUT2D eigenvalue weighted by molar-refractivity contribution is 7.46. The number of carbonyl (C=O) groups excluding carboxylic acids is 11. The maximum Gasteiger partial charge on any atom is 0.469 e. The van der Waals surface area contributed by atoms with Crippen molar-refractivity contribution < 1.29 is 283 Å².